The number of esters is 4. The average Bonchev–Trinajstić information content (AvgIpc) is 2.79. The Morgan fingerprint density at radius 1 is 0.852 bits per heavy atom. The predicted octanol–water partition coefficient (Wildman–Crippen LogP) is 0.349. The van der Waals surface area contributed by atoms with Gasteiger partial charge in [0, 0.05) is 34.6 Å². The number of carbonyl (C=O) groups is 5. The van der Waals surface area contributed by atoms with Gasteiger partial charge in [0.2, 0.25) is 0 Å². The Hall–Kier alpha value is -2.14. The van der Waals surface area contributed by atoms with Crippen LogP contribution in [-0.4, -0.2) is 65.5 Å². The summed E-state index contributed by atoms with van der Waals surface area (Å²) in [6.07, 6.45) is -4.58. The van der Waals surface area contributed by atoms with Crippen molar-refractivity contribution in [3.63, 3.8) is 0 Å². The molecule has 5 atom stereocenters. The van der Waals surface area contributed by atoms with Gasteiger partial charge in [-0.2, -0.15) is 0 Å². The summed E-state index contributed by atoms with van der Waals surface area (Å²) in [5.74, 6) is -2.70. The lowest BCUT2D eigenvalue weighted by atomic mass is 10.1. The Balaban J connectivity index is 3.20. The molecule has 0 saturated carbocycles. The quantitative estimate of drug-likeness (QED) is 0.428. The molecular formula is C16H22O10S. The molecule has 0 aromatic carbocycles. The van der Waals surface area contributed by atoms with Gasteiger partial charge in [0.1, 0.15) is 12.7 Å². The maximum atomic E-state index is 11.5. The number of hydrogen-bond acceptors (Lipinski definition) is 11. The van der Waals surface area contributed by atoms with Crippen molar-refractivity contribution in [1.29, 1.82) is 0 Å². The largest absolute Gasteiger partial charge is 0.462 e. The molecule has 1 rings (SSSR count). The molecule has 0 aliphatic carbocycles. The van der Waals surface area contributed by atoms with E-state index in [4.69, 9.17) is 23.7 Å². The van der Waals surface area contributed by atoms with E-state index in [9.17, 15) is 24.0 Å². The van der Waals surface area contributed by atoms with Gasteiger partial charge in [-0.25, -0.2) is 0 Å². The fourth-order valence-corrected chi connectivity index (χ4v) is 3.31. The van der Waals surface area contributed by atoms with Gasteiger partial charge in [0.15, 0.2) is 28.9 Å². The average molecular weight is 406 g/mol. The molecule has 0 aromatic rings. The van der Waals surface area contributed by atoms with Gasteiger partial charge in [0.05, 0.1) is 0 Å². The highest BCUT2D eigenvalue weighted by Gasteiger charge is 2.53. The minimum atomic E-state index is -1.18. The molecule has 0 amide bonds. The maximum Gasteiger partial charge on any atom is 0.303 e. The number of rotatable bonds is 7. The highest BCUT2D eigenvalue weighted by molar-refractivity contribution is 8.14. The molecule has 0 N–H and O–H groups in total. The molecule has 11 heteroatoms. The first-order valence-electron chi connectivity index (χ1n) is 7.99. The van der Waals surface area contributed by atoms with Gasteiger partial charge >= 0.3 is 23.9 Å². The maximum absolute atomic E-state index is 11.5. The van der Waals surface area contributed by atoms with Crippen molar-refractivity contribution < 1.29 is 47.7 Å². The van der Waals surface area contributed by atoms with E-state index >= 15 is 0 Å². The number of ether oxygens (including phenoxy) is 5. The number of hydrogen-bond donors (Lipinski definition) is 0. The molecule has 1 heterocycles. The first-order valence-corrected chi connectivity index (χ1v) is 8.87. The van der Waals surface area contributed by atoms with Gasteiger partial charge in [0.25, 0.3) is 0 Å². The summed E-state index contributed by atoms with van der Waals surface area (Å²) in [6, 6.07) is 0. The van der Waals surface area contributed by atoms with E-state index in [0.717, 1.165) is 32.5 Å². The van der Waals surface area contributed by atoms with E-state index in [2.05, 4.69) is 0 Å². The first-order chi connectivity index (χ1) is 12.5. The summed E-state index contributed by atoms with van der Waals surface area (Å²) in [6.45, 7) is 5.51. The van der Waals surface area contributed by atoms with Crippen LogP contribution in [0.25, 0.3) is 0 Å². The smallest absolute Gasteiger partial charge is 0.303 e. The van der Waals surface area contributed by atoms with E-state index in [1.54, 1.807) is 0 Å². The lowest BCUT2D eigenvalue weighted by molar-refractivity contribution is -0.176. The summed E-state index contributed by atoms with van der Waals surface area (Å²) in [7, 11) is 0. The lowest BCUT2D eigenvalue weighted by Gasteiger charge is -2.27. The van der Waals surface area contributed by atoms with E-state index in [0.29, 0.717) is 0 Å². The number of carbonyl (C=O) groups excluding carboxylic acids is 5. The molecule has 152 valence electrons. The molecule has 0 aromatic heterocycles. The molecule has 0 bridgehead atoms. The zero-order valence-corrected chi connectivity index (χ0v) is 16.4. The molecule has 0 radical (unpaired) electrons. The van der Waals surface area contributed by atoms with Gasteiger partial charge in [-0.15, -0.1) is 0 Å². The SMILES string of the molecule is CC(=O)OC[C@@H](OC(C)=O)[C@@H]1O[C@@H](SC(C)=O)[C@H](OC(C)=O)[C@H]1OC(C)=O. The van der Waals surface area contributed by atoms with Crippen LogP contribution in [0.1, 0.15) is 34.6 Å². The third-order valence-electron chi connectivity index (χ3n) is 3.23. The highest BCUT2D eigenvalue weighted by Crippen LogP contribution is 2.36. The molecule has 1 aliphatic rings. The Morgan fingerprint density at radius 3 is 1.85 bits per heavy atom. The minimum absolute atomic E-state index is 0.330. The van der Waals surface area contributed by atoms with Crippen molar-refractivity contribution in [2.24, 2.45) is 0 Å². The Kier molecular flexibility index (Phi) is 8.70. The monoisotopic (exact) mass is 406 g/mol. The Bertz CT molecular complexity index is 604. The van der Waals surface area contributed by atoms with Gasteiger partial charge in [-0.05, 0) is 0 Å². The van der Waals surface area contributed by atoms with E-state index in [1.807, 2.05) is 0 Å². The minimum Gasteiger partial charge on any atom is -0.462 e. The van der Waals surface area contributed by atoms with Crippen LogP contribution in [0.15, 0.2) is 0 Å². The number of thioether (sulfide) groups is 1. The van der Waals surface area contributed by atoms with Gasteiger partial charge < -0.3 is 23.7 Å². The first kappa shape index (κ1) is 22.9. The van der Waals surface area contributed by atoms with Crippen LogP contribution in [0.2, 0.25) is 0 Å². The fraction of sp³-hybridized carbons (Fsp3) is 0.688. The van der Waals surface area contributed by atoms with Crippen molar-refractivity contribution >= 4 is 40.8 Å². The van der Waals surface area contributed by atoms with E-state index < -0.39 is 53.7 Å². The molecule has 0 spiro atoms. The fourth-order valence-electron chi connectivity index (χ4n) is 2.46. The summed E-state index contributed by atoms with van der Waals surface area (Å²) >= 11 is 0.730. The van der Waals surface area contributed by atoms with Crippen molar-refractivity contribution in [1.82, 2.24) is 0 Å². The zero-order valence-electron chi connectivity index (χ0n) is 15.6. The van der Waals surface area contributed by atoms with E-state index in [-0.39, 0.29) is 11.7 Å². The lowest BCUT2D eigenvalue weighted by Crippen LogP contribution is -2.46. The van der Waals surface area contributed by atoms with Crippen LogP contribution >= 0.6 is 11.8 Å². The van der Waals surface area contributed by atoms with Gasteiger partial charge in [-0.1, -0.05) is 11.8 Å². The van der Waals surface area contributed by atoms with Crippen molar-refractivity contribution in [3.05, 3.63) is 0 Å². The second-order valence-electron chi connectivity index (χ2n) is 5.68. The molecule has 10 nitrogen and oxygen atoms in total. The Labute approximate surface area is 160 Å². The topological polar surface area (TPSA) is 132 Å². The predicted molar refractivity (Wildman–Crippen MR) is 90.2 cm³/mol. The van der Waals surface area contributed by atoms with E-state index in [1.165, 1.54) is 13.8 Å². The third-order valence-corrected chi connectivity index (χ3v) is 4.17. The summed E-state index contributed by atoms with van der Waals surface area (Å²) in [5.41, 5.74) is -1.00. The highest BCUT2D eigenvalue weighted by atomic mass is 32.2. The van der Waals surface area contributed by atoms with Crippen molar-refractivity contribution in [2.45, 2.75) is 64.5 Å². The van der Waals surface area contributed by atoms with Gasteiger partial charge in [-0.3, -0.25) is 24.0 Å². The third kappa shape index (κ3) is 7.55. The molecule has 1 aliphatic heterocycles. The van der Waals surface area contributed by atoms with Crippen LogP contribution in [0, 0.1) is 0 Å². The van der Waals surface area contributed by atoms with Crippen LogP contribution in [-0.2, 0) is 47.7 Å². The molecule has 27 heavy (non-hydrogen) atoms. The second-order valence-corrected chi connectivity index (χ2v) is 6.95. The zero-order chi connectivity index (χ0) is 20.7. The second kappa shape index (κ2) is 10.3. The van der Waals surface area contributed by atoms with Crippen LogP contribution in [0.3, 0.4) is 0 Å². The summed E-state index contributed by atoms with van der Waals surface area (Å²) in [5, 5.41) is -0.330. The van der Waals surface area contributed by atoms with Crippen molar-refractivity contribution in [2.75, 3.05) is 6.61 Å². The standard InChI is InChI=1S/C16H22O10S/c1-7(17)22-6-12(23-8(2)18)13-14(24-9(3)19)15(25-10(4)20)16(26-13)27-11(5)21/h12-16H,6H2,1-5H3/t12-,13+,14+,15-,16+/m1/s1. The summed E-state index contributed by atoms with van der Waals surface area (Å²) in [4.78, 5) is 57.1. The summed E-state index contributed by atoms with van der Waals surface area (Å²) < 4.78 is 26.1. The molecule has 0 unspecified atom stereocenters. The molecule has 1 fully saturated rings. The Morgan fingerprint density at radius 2 is 1.41 bits per heavy atom. The molecular weight excluding hydrogens is 384 g/mol. The van der Waals surface area contributed by atoms with Crippen LogP contribution in [0.4, 0.5) is 0 Å². The normalized spacial score (nSPS) is 25.2. The van der Waals surface area contributed by atoms with Crippen molar-refractivity contribution in [3.8, 4) is 0 Å². The molecule has 1 saturated heterocycles. The van der Waals surface area contributed by atoms with Crippen LogP contribution < -0.4 is 0 Å². The van der Waals surface area contributed by atoms with Crippen LogP contribution in [0.5, 0.6) is 0 Å².